The number of alkyl halides is 2. The van der Waals surface area contributed by atoms with E-state index in [0.29, 0.717) is 4.90 Å². The standard InChI is InChI=1S/C20H19F2N3OS/c21-19(22)20(26)24-27-14-7-8-18(25-9-3-4-10-25)15(12-14)17-11-13-5-1-2-6-16(13)23-17/h1-2,5-8,11-12,19,23H,3-4,9-10H2,(H,24,26). The highest BCUT2D eigenvalue weighted by atomic mass is 32.2. The van der Waals surface area contributed by atoms with E-state index < -0.39 is 12.3 Å². The number of nitrogens with one attached hydrogen (secondary N) is 2. The first kappa shape index (κ1) is 17.9. The van der Waals surface area contributed by atoms with Crippen molar-refractivity contribution in [2.45, 2.75) is 24.2 Å². The zero-order chi connectivity index (χ0) is 18.8. The van der Waals surface area contributed by atoms with Gasteiger partial charge in [-0.15, -0.1) is 0 Å². The van der Waals surface area contributed by atoms with Crippen LogP contribution in [0.5, 0.6) is 0 Å². The van der Waals surface area contributed by atoms with E-state index in [1.807, 2.05) is 42.5 Å². The van der Waals surface area contributed by atoms with E-state index >= 15 is 0 Å². The number of anilines is 1. The molecule has 0 saturated carbocycles. The molecule has 0 bridgehead atoms. The van der Waals surface area contributed by atoms with Gasteiger partial charge in [0.05, 0.1) is 0 Å². The Hall–Kier alpha value is -2.54. The largest absolute Gasteiger partial charge is 0.371 e. The van der Waals surface area contributed by atoms with Crippen molar-refractivity contribution in [3.63, 3.8) is 0 Å². The van der Waals surface area contributed by atoms with Gasteiger partial charge in [-0.25, -0.2) is 0 Å². The zero-order valence-electron chi connectivity index (χ0n) is 14.5. The molecule has 2 N–H and O–H groups in total. The molecule has 3 aromatic rings. The van der Waals surface area contributed by atoms with Crippen LogP contribution in [0.15, 0.2) is 53.4 Å². The summed E-state index contributed by atoms with van der Waals surface area (Å²) in [4.78, 5) is 17.7. The highest BCUT2D eigenvalue weighted by Gasteiger charge is 2.19. The fourth-order valence-corrected chi connectivity index (χ4v) is 4.02. The number of hydrogen-bond acceptors (Lipinski definition) is 3. The molecule has 0 unspecified atom stereocenters. The van der Waals surface area contributed by atoms with Gasteiger partial charge in [0.25, 0.3) is 5.91 Å². The van der Waals surface area contributed by atoms with E-state index in [1.165, 1.54) is 0 Å². The van der Waals surface area contributed by atoms with Crippen LogP contribution < -0.4 is 9.62 Å². The van der Waals surface area contributed by atoms with Crippen molar-refractivity contribution in [1.29, 1.82) is 0 Å². The van der Waals surface area contributed by atoms with Crippen LogP contribution >= 0.6 is 11.9 Å². The predicted molar refractivity (Wildman–Crippen MR) is 105 cm³/mol. The first-order valence-corrected chi connectivity index (χ1v) is 9.65. The molecule has 0 spiro atoms. The zero-order valence-corrected chi connectivity index (χ0v) is 15.4. The van der Waals surface area contributed by atoms with E-state index in [2.05, 4.69) is 20.7 Å². The molecular formula is C20H19F2N3OS. The molecule has 1 saturated heterocycles. The number of hydrogen-bond donors (Lipinski definition) is 2. The van der Waals surface area contributed by atoms with Gasteiger partial charge in [-0.05, 0) is 55.1 Å². The minimum absolute atomic E-state index is 0.709. The lowest BCUT2D eigenvalue weighted by atomic mass is 10.1. The molecule has 1 aromatic heterocycles. The second kappa shape index (κ2) is 7.60. The number of aromatic nitrogens is 1. The Balaban J connectivity index is 1.71. The van der Waals surface area contributed by atoms with Crippen LogP contribution in [0, 0.1) is 0 Å². The van der Waals surface area contributed by atoms with E-state index in [9.17, 15) is 13.6 Å². The summed E-state index contributed by atoms with van der Waals surface area (Å²) in [5, 5.41) is 1.11. The monoisotopic (exact) mass is 387 g/mol. The fourth-order valence-electron chi connectivity index (χ4n) is 3.40. The van der Waals surface area contributed by atoms with Crippen LogP contribution in [-0.2, 0) is 4.79 Å². The minimum Gasteiger partial charge on any atom is -0.371 e. The van der Waals surface area contributed by atoms with E-state index in [1.54, 1.807) is 0 Å². The molecule has 1 fully saturated rings. The summed E-state index contributed by atoms with van der Waals surface area (Å²) >= 11 is 0.912. The summed E-state index contributed by atoms with van der Waals surface area (Å²) in [6, 6.07) is 15.9. The van der Waals surface area contributed by atoms with Gasteiger partial charge in [-0.2, -0.15) is 8.78 Å². The molecule has 140 valence electrons. The molecular weight excluding hydrogens is 368 g/mol. The van der Waals surface area contributed by atoms with Crippen LogP contribution in [-0.4, -0.2) is 30.4 Å². The van der Waals surface area contributed by atoms with Gasteiger partial charge >= 0.3 is 6.43 Å². The molecule has 0 aliphatic carbocycles. The summed E-state index contributed by atoms with van der Waals surface area (Å²) < 4.78 is 27.0. The lowest BCUT2D eigenvalue weighted by molar-refractivity contribution is -0.129. The van der Waals surface area contributed by atoms with Crippen molar-refractivity contribution in [2.24, 2.45) is 0 Å². The molecule has 0 radical (unpaired) electrons. The molecule has 7 heteroatoms. The molecule has 1 aliphatic heterocycles. The Morgan fingerprint density at radius 1 is 1.11 bits per heavy atom. The third-order valence-electron chi connectivity index (χ3n) is 4.70. The van der Waals surface area contributed by atoms with E-state index in [-0.39, 0.29) is 0 Å². The fraction of sp³-hybridized carbons (Fsp3) is 0.250. The molecule has 27 heavy (non-hydrogen) atoms. The second-order valence-electron chi connectivity index (χ2n) is 6.51. The highest BCUT2D eigenvalue weighted by molar-refractivity contribution is 7.98. The number of para-hydroxylation sites is 1. The Morgan fingerprint density at radius 3 is 2.63 bits per heavy atom. The lowest BCUT2D eigenvalue weighted by Gasteiger charge is -2.21. The number of benzene rings is 2. The van der Waals surface area contributed by atoms with Crippen molar-refractivity contribution in [1.82, 2.24) is 9.71 Å². The van der Waals surface area contributed by atoms with Crippen LogP contribution in [0.1, 0.15) is 12.8 Å². The number of nitrogens with zero attached hydrogens (tertiary/aromatic N) is 1. The summed E-state index contributed by atoms with van der Waals surface area (Å²) in [6.45, 7) is 2.00. The van der Waals surface area contributed by atoms with E-state index in [0.717, 1.165) is 65.7 Å². The smallest absolute Gasteiger partial charge is 0.316 e. The van der Waals surface area contributed by atoms with Crippen LogP contribution in [0.25, 0.3) is 22.2 Å². The average molecular weight is 387 g/mol. The van der Waals surface area contributed by atoms with Crippen LogP contribution in [0.3, 0.4) is 0 Å². The number of rotatable bonds is 5. The van der Waals surface area contributed by atoms with Crippen molar-refractivity contribution in [2.75, 3.05) is 18.0 Å². The Labute approximate surface area is 160 Å². The van der Waals surface area contributed by atoms with Crippen molar-refractivity contribution >= 4 is 34.4 Å². The molecule has 4 rings (SSSR count). The van der Waals surface area contributed by atoms with Crippen LogP contribution in [0.2, 0.25) is 0 Å². The van der Waals surface area contributed by atoms with Crippen LogP contribution in [0.4, 0.5) is 14.5 Å². The highest BCUT2D eigenvalue weighted by Crippen LogP contribution is 2.36. The van der Waals surface area contributed by atoms with Gasteiger partial charge in [0.1, 0.15) is 0 Å². The lowest BCUT2D eigenvalue weighted by Crippen LogP contribution is -2.23. The number of carbonyl (C=O) groups excluding carboxylic acids is 1. The molecule has 0 atom stereocenters. The maximum atomic E-state index is 12.4. The number of aromatic amines is 1. The number of H-pyrrole nitrogens is 1. The summed E-state index contributed by atoms with van der Waals surface area (Å²) in [5.41, 5.74) is 4.14. The molecule has 1 aliphatic rings. The normalized spacial score (nSPS) is 14.3. The SMILES string of the molecule is O=C(NSc1ccc(N2CCCC2)c(-c2cc3ccccc3[nH]2)c1)C(F)F. The summed E-state index contributed by atoms with van der Waals surface area (Å²) in [7, 11) is 0. The number of amides is 1. The molecule has 1 amide bonds. The minimum atomic E-state index is -3.02. The summed E-state index contributed by atoms with van der Waals surface area (Å²) in [5.74, 6) is -1.28. The Kier molecular flexibility index (Phi) is 5.03. The van der Waals surface area contributed by atoms with E-state index in [4.69, 9.17) is 0 Å². The van der Waals surface area contributed by atoms with Crippen molar-refractivity contribution in [3.05, 3.63) is 48.5 Å². The number of carbonyl (C=O) groups is 1. The summed E-state index contributed by atoms with van der Waals surface area (Å²) in [6.07, 6.45) is -0.699. The number of fused-ring (bicyclic) bond motifs is 1. The molecule has 2 heterocycles. The van der Waals surface area contributed by atoms with Gasteiger partial charge < -0.3 is 9.88 Å². The Morgan fingerprint density at radius 2 is 1.89 bits per heavy atom. The first-order valence-electron chi connectivity index (χ1n) is 8.84. The Bertz CT molecular complexity index is 934. The van der Waals surface area contributed by atoms with Gasteiger partial charge in [-0.1, -0.05) is 18.2 Å². The van der Waals surface area contributed by atoms with Crippen molar-refractivity contribution in [3.8, 4) is 11.3 Å². The first-order chi connectivity index (χ1) is 13.1. The quantitative estimate of drug-likeness (QED) is 0.617. The third kappa shape index (κ3) is 3.78. The van der Waals surface area contributed by atoms with Gasteiger partial charge in [0, 0.05) is 45.8 Å². The molecule has 4 nitrogen and oxygen atoms in total. The van der Waals surface area contributed by atoms with Gasteiger partial charge in [0.15, 0.2) is 0 Å². The average Bonchev–Trinajstić information content (AvgIpc) is 3.35. The maximum Gasteiger partial charge on any atom is 0.316 e. The third-order valence-corrected chi connectivity index (χ3v) is 5.50. The molecule has 2 aromatic carbocycles. The van der Waals surface area contributed by atoms with Crippen molar-refractivity contribution < 1.29 is 13.6 Å². The maximum absolute atomic E-state index is 12.4. The number of halogens is 2. The van der Waals surface area contributed by atoms with Gasteiger partial charge in [-0.3, -0.25) is 9.52 Å². The second-order valence-corrected chi connectivity index (χ2v) is 7.39. The predicted octanol–water partition coefficient (Wildman–Crippen LogP) is 4.82. The topological polar surface area (TPSA) is 48.1 Å². The van der Waals surface area contributed by atoms with Gasteiger partial charge in [0.2, 0.25) is 0 Å².